The van der Waals surface area contributed by atoms with Crippen molar-refractivity contribution >= 4 is 28.3 Å². The molecule has 0 aliphatic heterocycles. The lowest BCUT2D eigenvalue weighted by Gasteiger charge is -2.28. The molecular weight excluding hydrogens is 312 g/mol. The van der Waals surface area contributed by atoms with Crippen LogP contribution < -0.4 is 5.32 Å². The fraction of sp³-hybridized carbons (Fsp3) is 0.375. The summed E-state index contributed by atoms with van der Waals surface area (Å²) in [6, 6.07) is 6.13. The summed E-state index contributed by atoms with van der Waals surface area (Å²) in [5.41, 5.74) is 0.866. The normalized spacial score (nSPS) is 21.4. The minimum absolute atomic E-state index is 0.392. The first-order chi connectivity index (χ1) is 11.3. The molecule has 6 nitrogen and oxygen atoms in total. The lowest BCUT2D eigenvalue weighted by Crippen LogP contribution is -2.26. The first-order valence-electron chi connectivity index (χ1n) is 7.83. The molecule has 0 saturated heterocycles. The molecule has 0 amide bonds. The first-order valence-corrected chi connectivity index (χ1v) is 8.21. The summed E-state index contributed by atoms with van der Waals surface area (Å²) >= 11 is 6.12. The molecule has 3 aromatic rings. The number of halogens is 1. The molecule has 7 heteroatoms. The van der Waals surface area contributed by atoms with Crippen molar-refractivity contribution in [2.45, 2.75) is 37.6 Å². The minimum atomic E-state index is 0.392. The lowest BCUT2D eigenvalue weighted by atomic mass is 9.85. The van der Waals surface area contributed by atoms with Crippen molar-refractivity contribution in [1.82, 2.24) is 25.1 Å². The van der Waals surface area contributed by atoms with Crippen molar-refractivity contribution in [1.29, 1.82) is 0 Å². The number of hydrogen-bond acceptors (Lipinski definition) is 5. The number of aromatic nitrogens is 5. The molecular formula is C16H17ClN6. The predicted molar refractivity (Wildman–Crippen MR) is 89.6 cm³/mol. The SMILES string of the molecule is Clc1cc2ncccc2c(N[C@H]2CC[C@@H](c3nnc[nH]3)CC2)n1. The second kappa shape index (κ2) is 6.12. The average Bonchev–Trinajstić information content (AvgIpc) is 3.10. The smallest absolute Gasteiger partial charge is 0.137 e. The van der Waals surface area contributed by atoms with E-state index in [-0.39, 0.29) is 0 Å². The Hall–Kier alpha value is -2.21. The van der Waals surface area contributed by atoms with Crippen LogP contribution in [0.5, 0.6) is 0 Å². The Kier molecular flexibility index (Phi) is 3.83. The number of nitrogens with one attached hydrogen (secondary N) is 2. The Morgan fingerprint density at radius 2 is 2.09 bits per heavy atom. The second-order valence-corrected chi connectivity index (χ2v) is 6.32. The van der Waals surface area contributed by atoms with E-state index in [4.69, 9.17) is 11.6 Å². The van der Waals surface area contributed by atoms with Gasteiger partial charge >= 0.3 is 0 Å². The van der Waals surface area contributed by atoms with Crippen LogP contribution in [0.25, 0.3) is 10.9 Å². The van der Waals surface area contributed by atoms with Crippen LogP contribution in [-0.4, -0.2) is 31.2 Å². The van der Waals surface area contributed by atoms with Crippen LogP contribution in [0, 0.1) is 0 Å². The number of rotatable bonds is 3. The maximum Gasteiger partial charge on any atom is 0.137 e. The van der Waals surface area contributed by atoms with Crippen LogP contribution in [0.3, 0.4) is 0 Å². The Labute approximate surface area is 138 Å². The number of aromatic amines is 1. The van der Waals surface area contributed by atoms with Gasteiger partial charge in [0.2, 0.25) is 0 Å². The van der Waals surface area contributed by atoms with Gasteiger partial charge in [0.1, 0.15) is 23.1 Å². The van der Waals surface area contributed by atoms with E-state index in [9.17, 15) is 0 Å². The Morgan fingerprint density at radius 1 is 1.22 bits per heavy atom. The molecule has 3 heterocycles. The van der Waals surface area contributed by atoms with E-state index in [1.54, 1.807) is 18.6 Å². The van der Waals surface area contributed by atoms with Crippen LogP contribution in [0.1, 0.15) is 37.4 Å². The Bertz CT molecular complexity index is 795. The van der Waals surface area contributed by atoms with Crippen molar-refractivity contribution in [3.8, 4) is 0 Å². The second-order valence-electron chi connectivity index (χ2n) is 5.93. The van der Waals surface area contributed by atoms with Crippen molar-refractivity contribution in [3.05, 3.63) is 41.7 Å². The van der Waals surface area contributed by atoms with Gasteiger partial charge in [-0.2, -0.15) is 0 Å². The summed E-state index contributed by atoms with van der Waals surface area (Å²) in [6.07, 6.45) is 7.73. The first kappa shape index (κ1) is 14.4. The van der Waals surface area contributed by atoms with E-state index in [1.165, 1.54) is 0 Å². The third kappa shape index (κ3) is 2.99. The molecule has 0 aromatic carbocycles. The van der Waals surface area contributed by atoms with Crippen molar-refractivity contribution in [2.24, 2.45) is 0 Å². The molecule has 3 aromatic heterocycles. The molecule has 1 fully saturated rings. The van der Waals surface area contributed by atoms with Crippen LogP contribution in [0.4, 0.5) is 5.82 Å². The van der Waals surface area contributed by atoms with E-state index in [0.29, 0.717) is 17.1 Å². The topological polar surface area (TPSA) is 79.4 Å². The molecule has 0 atom stereocenters. The maximum absolute atomic E-state index is 6.12. The van der Waals surface area contributed by atoms with Gasteiger partial charge in [-0.3, -0.25) is 4.98 Å². The molecule has 1 saturated carbocycles. The number of hydrogen-bond donors (Lipinski definition) is 2. The van der Waals surface area contributed by atoms with E-state index >= 15 is 0 Å². The van der Waals surface area contributed by atoms with E-state index < -0.39 is 0 Å². The molecule has 4 rings (SSSR count). The summed E-state index contributed by atoms with van der Waals surface area (Å²) in [7, 11) is 0. The zero-order chi connectivity index (χ0) is 15.6. The number of fused-ring (bicyclic) bond motifs is 1. The molecule has 118 valence electrons. The van der Waals surface area contributed by atoms with Gasteiger partial charge in [0.05, 0.1) is 5.52 Å². The fourth-order valence-electron chi connectivity index (χ4n) is 3.27. The lowest BCUT2D eigenvalue weighted by molar-refractivity contribution is 0.400. The monoisotopic (exact) mass is 328 g/mol. The minimum Gasteiger partial charge on any atom is -0.367 e. The van der Waals surface area contributed by atoms with Gasteiger partial charge < -0.3 is 10.3 Å². The van der Waals surface area contributed by atoms with Crippen LogP contribution in [0.2, 0.25) is 5.15 Å². The van der Waals surface area contributed by atoms with E-state index in [0.717, 1.165) is 48.2 Å². The quantitative estimate of drug-likeness (QED) is 0.719. The molecule has 0 bridgehead atoms. The van der Waals surface area contributed by atoms with Crippen molar-refractivity contribution < 1.29 is 0 Å². The third-order valence-corrected chi connectivity index (χ3v) is 4.65. The van der Waals surface area contributed by atoms with Gasteiger partial charge in [-0.1, -0.05) is 11.6 Å². The molecule has 0 radical (unpaired) electrons. The highest BCUT2D eigenvalue weighted by Gasteiger charge is 2.24. The molecule has 2 N–H and O–H groups in total. The fourth-order valence-corrected chi connectivity index (χ4v) is 3.46. The van der Waals surface area contributed by atoms with Gasteiger partial charge in [-0.05, 0) is 37.8 Å². The van der Waals surface area contributed by atoms with Crippen molar-refractivity contribution in [3.63, 3.8) is 0 Å². The number of anilines is 1. The highest BCUT2D eigenvalue weighted by atomic mass is 35.5. The number of nitrogens with zero attached hydrogens (tertiary/aromatic N) is 4. The largest absolute Gasteiger partial charge is 0.367 e. The highest BCUT2D eigenvalue weighted by Crippen LogP contribution is 2.33. The predicted octanol–water partition coefficient (Wildman–Crippen LogP) is 3.54. The van der Waals surface area contributed by atoms with Gasteiger partial charge in [-0.25, -0.2) is 4.98 Å². The van der Waals surface area contributed by atoms with Crippen LogP contribution >= 0.6 is 11.6 Å². The number of pyridine rings is 2. The summed E-state index contributed by atoms with van der Waals surface area (Å²) in [6.45, 7) is 0. The number of H-pyrrole nitrogens is 1. The Morgan fingerprint density at radius 3 is 2.87 bits per heavy atom. The third-order valence-electron chi connectivity index (χ3n) is 4.46. The van der Waals surface area contributed by atoms with Gasteiger partial charge in [0.25, 0.3) is 0 Å². The zero-order valence-corrected chi connectivity index (χ0v) is 13.3. The summed E-state index contributed by atoms with van der Waals surface area (Å²) < 4.78 is 0. The standard InChI is InChI=1S/C16H17ClN6/c17-14-8-13-12(2-1-7-18-13)16(22-14)21-11-5-3-10(4-6-11)15-19-9-20-23-15/h1-2,7-11H,3-6H2,(H,21,22)(H,19,20,23)/t10-,11+. The molecule has 0 unspecified atom stereocenters. The van der Waals surface area contributed by atoms with Crippen LogP contribution in [-0.2, 0) is 0 Å². The highest BCUT2D eigenvalue weighted by molar-refractivity contribution is 6.30. The van der Waals surface area contributed by atoms with Crippen molar-refractivity contribution in [2.75, 3.05) is 5.32 Å². The summed E-state index contributed by atoms with van der Waals surface area (Å²) in [5.74, 6) is 2.30. The molecule has 0 spiro atoms. The summed E-state index contributed by atoms with van der Waals surface area (Å²) in [5, 5.41) is 13.0. The Balaban J connectivity index is 1.49. The van der Waals surface area contributed by atoms with Crippen LogP contribution in [0.15, 0.2) is 30.7 Å². The van der Waals surface area contributed by atoms with Gasteiger partial charge in [0, 0.05) is 29.6 Å². The average molecular weight is 329 g/mol. The zero-order valence-electron chi connectivity index (χ0n) is 12.5. The molecule has 1 aliphatic carbocycles. The van der Waals surface area contributed by atoms with Gasteiger partial charge in [-0.15, -0.1) is 10.2 Å². The molecule has 23 heavy (non-hydrogen) atoms. The van der Waals surface area contributed by atoms with Gasteiger partial charge in [0.15, 0.2) is 0 Å². The molecule has 1 aliphatic rings. The van der Waals surface area contributed by atoms with E-state index in [2.05, 4.69) is 30.5 Å². The maximum atomic E-state index is 6.12. The van der Waals surface area contributed by atoms with E-state index in [1.807, 2.05) is 12.1 Å². The summed E-state index contributed by atoms with van der Waals surface area (Å²) in [4.78, 5) is 11.9.